The molecule has 100 valence electrons. The summed E-state index contributed by atoms with van der Waals surface area (Å²) in [6.45, 7) is 4.47. The molecular weight excluding hydrogens is 288 g/mol. The third-order valence-electron chi connectivity index (χ3n) is 3.80. The van der Waals surface area contributed by atoms with Crippen LogP contribution in [0.2, 0.25) is 0 Å². The summed E-state index contributed by atoms with van der Waals surface area (Å²) in [7, 11) is 0. The van der Waals surface area contributed by atoms with Crippen molar-refractivity contribution in [2.24, 2.45) is 5.92 Å². The van der Waals surface area contributed by atoms with Gasteiger partial charge in [-0.1, -0.05) is 65.5 Å². The van der Waals surface area contributed by atoms with Gasteiger partial charge in [-0.05, 0) is 31.2 Å². The van der Waals surface area contributed by atoms with Crippen LogP contribution >= 0.6 is 15.9 Å². The second kappa shape index (κ2) is 6.72. The molecule has 0 bridgehead atoms. The maximum Gasteiger partial charge on any atom is 0.0925 e. The highest BCUT2D eigenvalue weighted by molar-refractivity contribution is 9.09. The standard InChI is InChI=1S/C16H23BrO/c1-12-5-3-7-14(9-12)16(11-17)18-15-8-4-6-13(2)10-15/h3,5,7,9,13,15-16H,4,6,8,10-11H2,1-2H3. The molecule has 2 rings (SSSR count). The molecule has 0 aromatic heterocycles. The lowest BCUT2D eigenvalue weighted by Crippen LogP contribution is -2.24. The molecule has 0 N–H and O–H groups in total. The minimum Gasteiger partial charge on any atom is -0.369 e. The van der Waals surface area contributed by atoms with Crippen LogP contribution in [0.1, 0.15) is 49.8 Å². The summed E-state index contributed by atoms with van der Waals surface area (Å²) >= 11 is 3.59. The van der Waals surface area contributed by atoms with Gasteiger partial charge >= 0.3 is 0 Å². The summed E-state index contributed by atoms with van der Waals surface area (Å²) in [5.41, 5.74) is 2.60. The van der Waals surface area contributed by atoms with Gasteiger partial charge in [-0.25, -0.2) is 0 Å². The molecule has 0 aliphatic heterocycles. The Kier molecular flexibility index (Phi) is 5.25. The Morgan fingerprint density at radius 1 is 1.39 bits per heavy atom. The predicted molar refractivity (Wildman–Crippen MR) is 80.2 cm³/mol. The van der Waals surface area contributed by atoms with E-state index >= 15 is 0 Å². The molecule has 1 aromatic rings. The molecule has 3 unspecified atom stereocenters. The number of benzene rings is 1. The SMILES string of the molecule is Cc1cccc(C(CBr)OC2CCCC(C)C2)c1. The average molecular weight is 311 g/mol. The quantitative estimate of drug-likeness (QED) is 0.709. The van der Waals surface area contributed by atoms with Crippen LogP contribution in [0.25, 0.3) is 0 Å². The van der Waals surface area contributed by atoms with Crippen LogP contribution < -0.4 is 0 Å². The first-order valence-electron chi connectivity index (χ1n) is 6.97. The lowest BCUT2D eigenvalue weighted by Gasteiger charge is -2.30. The minimum absolute atomic E-state index is 0.195. The van der Waals surface area contributed by atoms with E-state index in [4.69, 9.17) is 4.74 Å². The van der Waals surface area contributed by atoms with E-state index in [0.717, 1.165) is 11.2 Å². The van der Waals surface area contributed by atoms with Crippen molar-refractivity contribution in [3.63, 3.8) is 0 Å². The van der Waals surface area contributed by atoms with Gasteiger partial charge in [0, 0.05) is 5.33 Å². The number of halogens is 1. The molecular formula is C16H23BrO. The molecule has 1 nitrogen and oxygen atoms in total. The van der Waals surface area contributed by atoms with Gasteiger partial charge in [-0.15, -0.1) is 0 Å². The molecule has 0 radical (unpaired) electrons. The van der Waals surface area contributed by atoms with Gasteiger partial charge in [0.1, 0.15) is 0 Å². The van der Waals surface area contributed by atoms with E-state index in [0.29, 0.717) is 6.10 Å². The zero-order valence-corrected chi connectivity index (χ0v) is 12.9. The molecule has 18 heavy (non-hydrogen) atoms. The van der Waals surface area contributed by atoms with Gasteiger partial charge < -0.3 is 4.74 Å². The number of ether oxygens (including phenoxy) is 1. The number of aryl methyl sites for hydroxylation is 1. The highest BCUT2D eigenvalue weighted by Gasteiger charge is 2.23. The Morgan fingerprint density at radius 3 is 2.89 bits per heavy atom. The fraction of sp³-hybridized carbons (Fsp3) is 0.625. The van der Waals surface area contributed by atoms with Crippen molar-refractivity contribution < 1.29 is 4.74 Å². The summed E-state index contributed by atoms with van der Waals surface area (Å²) in [5.74, 6) is 0.817. The van der Waals surface area contributed by atoms with Gasteiger partial charge in [-0.2, -0.15) is 0 Å². The van der Waals surface area contributed by atoms with Crippen LogP contribution in [0, 0.1) is 12.8 Å². The first kappa shape index (κ1) is 14.1. The van der Waals surface area contributed by atoms with Gasteiger partial charge in [0.2, 0.25) is 0 Å². The molecule has 0 heterocycles. The summed E-state index contributed by atoms with van der Waals surface area (Å²) in [6, 6.07) is 8.66. The smallest absolute Gasteiger partial charge is 0.0925 e. The molecule has 1 aliphatic rings. The second-order valence-electron chi connectivity index (χ2n) is 5.59. The van der Waals surface area contributed by atoms with E-state index in [1.807, 2.05) is 0 Å². The van der Waals surface area contributed by atoms with Crippen molar-refractivity contribution in [2.75, 3.05) is 5.33 Å². The lowest BCUT2D eigenvalue weighted by atomic mass is 9.88. The lowest BCUT2D eigenvalue weighted by molar-refractivity contribution is -0.0290. The van der Waals surface area contributed by atoms with E-state index in [9.17, 15) is 0 Å². The predicted octanol–water partition coefficient (Wildman–Crippen LogP) is 5.03. The number of hydrogen-bond acceptors (Lipinski definition) is 1. The third kappa shape index (κ3) is 3.83. The van der Waals surface area contributed by atoms with Crippen molar-refractivity contribution in [3.8, 4) is 0 Å². The van der Waals surface area contributed by atoms with Gasteiger partial charge in [-0.3, -0.25) is 0 Å². The van der Waals surface area contributed by atoms with Crippen molar-refractivity contribution in [1.82, 2.24) is 0 Å². The maximum atomic E-state index is 6.31. The van der Waals surface area contributed by atoms with Crippen LogP contribution in [0.4, 0.5) is 0 Å². The molecule has 0 amide bonds. The van der Waals surface area contributed by atoms with E-state index < -0.39 is 0 Å². The molecule has 0 saturated heterocycles. The minimum atomic E-state index is 0.195. The number of hydrogen-bond donors (Lipinski definition) is 0. The van der Waals surface area contributed by atoms with Crippen molar-refractivity contribution >= 4 is 15.9 Å². The highest BCUT2D eigenvalue weighted by Crippen LogP contribution is 2.31. The zero-order chi connectivity index (χ0) is 13.0. The largest absolute Gasteiger partial charge is 0.369 e. The fourth-order valence-corrected chi connectivity index (χ4v) is 3.34. The average Bonchev–Trinajstić information content (AvgIpc) is 2.36. The summed E-state index contributed by atoms with van der Waals surface area (Å²) in [6.07, 6.45) is 5.75. The van der Waals surface area contributed by atoms with Crippen molar-refractivity contribution in [1.29, 1.82) is 0 Å². The van der Waals surface area contributed by atoms with Crippen LogP contribution in [0.15, 0.2) is 24.3 Å². The van der Waals surface area contributed by atoms with Crippen LogP contribution in [0.3, 0.4) is 0 Å². The summed E-state index contributed by atoms with van der Waals surface area (Å²) in [5, 5.41) is 0.876. The molecule has 0 spiro atoms. The fourth-order valence-electron chi connectivity index (χ4n) is 2.81. The molecule has 1 saturated carbocycles. The van der Waals surface area contributed by atoms with E-state index in [2.05, 4.69) is 54.0 Å². The first-order valence-corrected chi connectivity index (χ1v) is 8.09. The third-order valence-corrected chi connectivity index (χ3v) is 4.39. The summed E-state index contributed by atoms with van der Waals surface area (Å²) in [4.78, 5) is 0. The summed E-state index contributed by atoms with van der Waals surface area (Å²) < 4.78 is 6.31. The van der Waals surface area contributed by atoms with Gasteiger partial charge in [0.25, 0.3) is 0 Å². The number of rotatable bonds is 4. The highest BCUT2D eigenvalue weighted by atomic mass is 79.9. The zero-order valence-electron chi connectivity index (χ0n) is 11.4. The Morgan fingerprint density at radius 2 is 2.22 bits per heavy atom. The first-order chi connectivity index (χ1) is 8.69. The Labute approximate surface area is 119 Å². The topological polar surface area (TPSA) is 9.23 Å². The van der Waals surface area contributed by atoms with E-state index in [1.54, 1.807) is 0 Å². The van der Waals surface area contributed by atoms with Crippen LogP contribution in [0.5, 0.6) is 0 Å². The van der Waals surface area contributed by atoms with Crippen molar-refractivity contribution in [3.05, 3.63) is 35.4 Å². The normalized spacial score (nSPS) is 25.9. The van der Waals surface area contributed by atoms with E-state index in [-0.39, 0.29) is 6.10 Å². The Bertz CT molecular complexity index is 377. The second-order valence-corrected chi connectivity index (χ2v) is 6.23. The molecule has 1 fully saturated rings. The van der Waals surface area contributed by atoms with Crippen LogP contribution in [-0.4, -0.2) is 11.4 Å². The van der Waals surface area contributed by atoms with Crippen LogP contribution in [-0.2, 0) is 4.74 Å². The monoisotopic (exact) mass is 310 g/mol. The molecule has 1 aliphatic carbocycles. The molecule has 3 atom stereocenters. The molecule has 1 aromatic carbocycles. The maximum absolute atomic E-state index is 6.31. The van der Waals surface area contributed by atoms with Crippen molar-refractivity contribution in [2.45, 2.75) is 51.7 Å². The molecule has 2 heteroatoms. The Hall–Kier alpha value is -0.340. The van der Waals surface area contributed by atoms with E-state index in [1.165, 1.54) is 36.8 Å². The van der Waals surface area contributed by atoms with Gasteiger partial charge in [0.15, 0.2) is 0 Å². The van der Waals surface area contributed by atoms with Gasteiger partial charge in [0.05, 0.1) is 12.2 Å². The Balaban J connectivity index is 2.00. The number of alkyl halides is 1.